The van der Waals surface area contributed by atoms with E-state index < -0.39 is 0 Å². The number of thiophene rings is 1. The van der Waals surface area contributed by atoms with Crippen LogP contribution >= 0.6 is 22.9 Å². The van der Waals surface area contributed by atoms with Gasteiger partial charge < -0.3 is 4.74 Å². The molecule has 0 saturated carbocycles. The molecule has 2 rings (SSSR count). The number of ether oxygens (including phenoxy) is 1. The van der Waals surface area contributed by atoms with Gasteiger partial charge in [0.1, 0.15) is 0 Å². The molecule has 3 heteroatoms. The standard InChI is InChI=1S/C11H15ClOS/c12-11(7-9-3-6-14-8-9)10-1-4-13-5-2-10/h3,6,8,10-11H,1-2,4-5,7H2. The molecule has 78 valence electrons. The van der Waals surface area contributed by atoms with Crippen molar-refractivity contribution >= 4 is 22.9 Å². The van der Waals surface area contributed by atoms with Gasteiger partial charge in [-0.05, 0) is 47.6 Å². The highest BCUT2D eigenvalue weighted by Gasteiger charge is 2.22. The normalized spacial score (nSPS) is 20.9. The van der Waals surface area contributed by atoms with Gasteiger partial charge in [0.15, 0.2) is 0 Å². The number of hydrogen-bond donors (Lipinski definition) is 0. The van der Waals surface area contributed by atoms with Crippen molar-refractivity contribution in [2.45, 2.75) is 24.6 Å². The molecular weight excluding hydrogens is 216 g/mol. The van der Waals surface area contributed by atoms with Gasteiger partial charge in [-0.1, -0.05) is 0 Å². The minimum atomic E-state index is 0.286. The Labute approximate surface area is 94.0 Å². The van der Waals surface area contributed by atoms with Crippen LogP contribution < -0.4 is 0 Å². The first kappa shape index (κ1) is 10.5. The number of hydrogen-bond acceptors (Lipinski definition) is 2. The first-order valence-corrected chi connectivity index (χ1v) is 6.47. The van der Waals surface area contributed by atoms with Crippen LogP contribution in [0.1, 0.15) is 18.4 Å². The molecule has 1 aliphatic heterocycles. The predicted molar refractivity (Wildman–Crippen MR) is 61.2 cm³/mol. The Morgan fingerprint density at radius 2 is 2.29 bits per heavy atom. The van der Waals surface area contributed by atoms with Gasteiger partial charge in [0.05, 0.1) is 0 Å². The molecule has 1 nitrogen and oxygen atoms in total. The molecule has 0 aromatic carbocycles. The molecular formula is C11H15ClOS. The van der Waals surface area contributed by atoms with E-state index in [2.05, 4.69) is 16.8 Å². The summed E-state index contributed by atoms with van der Waals surface area (Å²) in [6.07, 6.45) is 3.26. The average molecular weight is 231 g/mol. The average Bonchev–Trinajstić information content (AvgIpc) is 2.72. The van der Waals surface area contributed by atoms with Crippen molar-refractivity contribution in [3.63, 3.8) is 0 Å². The topological polar surface area (TPSA) is 9.23 Å². The van der Waals surface area contributed by atoms with Crippen molar-refractivity contribution in [3.05, 3.63) is 22.4 Å². The summed E-state index contributed by atoms with van der Waals surface area (Å²) in [6, 6.07) is 2.17. The Morgan fingerprint density at radius 1 is 1.50 bits per heavy atom. The lowest BCUT2D eigenvalue weighted by Crippen LogP contribution is -2.25. The third kappa shape index (κ3) is 2.72. The molecule has 0 spiro atoms. The molecule has 1 unspecified atom stereocenters. The summed E-state index contributed by atoms with van der Waals surface area (Å²) >= 11 is 8.15. The smallest absolute Gasteiger partial charge is 0.0469 e. The summed E-state index contributed by atoms with van der Waals surface area (Å²) in [6.45, 7) is 1.77. The molecule has 0 aliphatic carbocycles. The molecule has 1 saturated heterocycles. The fraction of sp³-hybridized carbons (Fsp3) is 0.636. The summed E-state index contributed by atoms with van der Waals surface area (Å²) in [5, 5.41) is 4.59. The summed E-state index contributed by atoms with van der Waals surface area (Å²) in [4.78, 5) is 0. The minimum absolute atomic E-state index is 0.286. The second kappa shape index (κ2) is 5.15. The van der Waals surface area contributed by atoms with Gasteiger partial charge in [-0.25, -0.2) is 0 Å². The zero-order valence-electron chi connectivity index (χ0n) is 8.12. The second-order valence-electron chi connectivity index (χ2n) is 3.80. The van der Waals surface area contributed by atoms with E-state index in [1.54, 1.807) is 11.3 Å². The van der Waals surface area contributed by atoms with Crippen LogP contribution in [0.4, 0.5) is 0 Å². The number of alkyl halides is 1. The maximum Gasteiger partial charge on any atom is 0.0469 e. The zero-order chi connectivity index (χ0) is 9.80. The van der Waals surface area contributed by atoms with Crippen LogP contribution in [0.15, 0.2) is 16.8 Å². The lowest BCUT2D eigenvalue weighted by atomic mass is 9.93. The molecule has 0 amide bonds. The Morgan fingerprint density at radius 3 is 2.93 bits per heavy atom. The van der Waals surface area contributed by atoms with E-state index in [4.69, 9.17) is 16.3 Å². The number of rotatable bonds is 3. The molecule has 0 N–H and O–H groups in total. The van der Waals surface area contributed by atoms with Crippen molar-refractivity contribution in [1.82, 2.24) is 0 Å². The fourth-order valence-corrected chi connectivity index (χ4v) is 2.99. The lowest BCUT2D eigenvalue weighted by molar-refractivity contribution is 0.0651. The van der Waals surface area contributed by atoms with Crippen LogP contribution in [0.3, 0.4) is 0 Å². The van der Waals surface area contributed by atoms with Gasteiger partial charge in [-0.15, -0.1) is 11.6 Å². The van der Waals surface area contributed by atoms with Crippen LogP contribution in [0.2, 0.25) is 0 Å². The van der Waals surface area contributed by atoms with Gasteiger partial charge in [0.2, 0.25) is 0 Å². The monoisotopic (exact) mass is 230 g/mol. The second-order valence-corrected chi connectivity index (χ2v) is 5.14. The third-order valence-electron chi connectivity index (χ3n) is 2.79. The molecule has 1 fully saturated rings. The van der Waals surface area contributed by atoms with Crippen LogP contribution in [0.5, 0.6) is 0 Å². The van der Waals surface area contributed by atoms with Crippen LogP contribution in [0, 0.1) is 5.92 Å². The van der Waals surface area contributed by atoms with Gasteiger partial charge >= 0.3 is 0 Å². The van der Waals surface area contributed by atoms with Crippen molar-refractivity contribution in [3.8, 4) is 0 Å². The summed E-state index contributed by atoms with van der Waals surface area (Å²) < 4.78 is 5.33. The predicted octanol–water partition coefficient (Wildman–Crippen LogP) is 3.32. The highest BCUT2D eigenvalue weighted by Crippen LogP contribution is 2.26. The molecule has 1 atom stereocenters. The highest BCUT2D eigenvalue weighted by molar-refractivity contribution is 7.07. The molecule has 1 aliphatic rings. The van der Waals surface area contributed by atoms with Gasteiger partial charge in [-0.3, -0.25) is 0 Å². The molecule has 0 bridgehead atoms. The van der Waals surface area contributed by atoms with Crippen LogP contribution in [-0.4, -0.2) is 18.6 Å². The van der Waals surface area contributed by atoms with Gasteiger partial charge in [0.25, 0.3) is 0 Å². The Hall–Kier alpha value is -0.0500. The zero-order valence-corrected chi connectivity index (χ0v) is 9.69. The summed E-state index contributed by atoms with van der Waals surface area (Å²) in [5.74, 6) is 0.644. The minimum Gasteiger partial charge on any atom is -0.381 e. The Kier molecular flexibility index (Phi) is 3.85. The van der Waals surface area contributed by atoms with Crippen LogP contribution in [-0.2, 0) is 11.2 Å². The largest absolute Gasteiger partial charge is 0.381 e. The maximum atomic E-state index is 6.40. The van der Waals surface area contributed by atoms with E-state index in [0.29, 0.717) is 5.92 Å². The SMILES string of the molecule is ClC(Cc1ccsc1)C1CCOCC1. The lowest BCUT2D eigenvalue weighted by Gasteiger charge is -2.26. The van der Waals surface area contributed by atoms with E-state index >= 15 is 0 Å². The van der Waals surface area contributed by atoms with E-state index in [1.807, 2.05) is 0 Å². The molecule has 14 heavy (non-hydrogen) atoms. The number of halogens is 1. The van der Waals surface area contributed by atoms with Gasteiger partial charge in [0, 0.05) is 18.6 Å². The van der Waals surface area contributed by atoms with E-state index in [0.717, 1.165) is 32.5 Å². The van der Waals surface area contributed by atoms with E-state index in [-0.39, 0.29) is 5.38 Å². The molecule has 1 aromatic heterocycles. The quantitative estimate of drug-likeness (QED) is 0.724. The Bertz CT molecular complexity index is 254. The van der Waals surface area contributed by atoms with Crippen molar-refractivity contribution in [2.24, 2.45) is 5.92 Å². The van der Waals surface area contributed by atoms with E-state index in [1.165, 1.54) is 5.56 Å². The highest BCUT2D eigenvalue weighted by atomic mass is 35.5. The molecule has 1 aromatic rings. The van der Waals surface area contributed by atoms with Crippen molar-refractivity contribution in [1.29, 1.82) is 0 Å². The first-order chi connectivity index (χ1) is 6.86. The summed E-state index contributed by atoms with van der Waals surface area (Å²) in [7, 11) is 0. The third-order valence-corrected chi connectivity index (χ3v) is 4.03. The summed E-state index contributed by atoms with van der Waals surface area (Å²) in [5.41, 5.74) is 1.38. The van der Waals surface area contributed by atoms with Crippen LogP contribution in [0.25, 0.3) is 0 Å². The fourth-order valence-electron chi connectivity index (χ4n) is 1.88. The Balaban J connectivity index is 1.85. The molecule has 2 heterocycles. The van der Waals surface area contributed by atoms with Crippen molar-refractivity contribution in [2.75, 3.05) is 13.2 Å². The molecule has 0 radical (unpaired) electrons. The van der Waals surface area contributed by atoms with Gasteiger partial charge in [-0.2, -0.15) is 11.3 Å². The van der Waals surface area contributed by atoms with E-state index in [9.17, 15) is 0 Å². The van der Waals surface area contributed by atoms with Crippen molar-refractivity contribution < 1.29 is 4.74 Å². The first-order valence-electron chi connectivity index (χ1n) is 5.09. The maximum absolute atomic E-state index is 6.40.